The molecule has 1 aromatic rings. The average molecular weight is 541 g/mol. The third kappa shape index (κ3) is 9.13. The van der Waals surface area contributed by atoms with Crippen molar-refractivity contribution < 1.29 is 34.0 Å². The van der Waals surface area contributed by atoms with Gasteiger partial charge >= 0.3 is 11.9 Å². The van der Waals surface area contributed by atoms with Crippen LogP contribution in [0, 0.1) is 11.8 Å². The van der Waals surface area contributed by atoms with E-state index in [4.69, 9.17) is 14.2 Å². The number of hydrogen-bond donors (Lipinski definition) is 2. The first-order valence-corrected chi connectivity index (χ1v) is 13.9. The Morgan fingerprint density at radius 1 is 0.769 bits per heavy atom. The Bertz CT molecular complexity index is 1000. The van der Waals surface area contributed by atoms with Gasteiger partial charge in [0, 0.05) is 6.61 Å². The van der Waals surface area contributed by atoms with Gasteiger partial charge in [-0.05, 0) is 98.3 Å². The van der Waals surface area contributed by atoms with Crippen LogP contribution in [0.4, 0.5) is 0 Å². The summed E-state index contributed by atoms with van der Waals surface area (Å²) in [6.07, 6.45) is 13.1. The summed E-state index contributed by atoms with van der Waals surface area (Å²) in [5, 5.41) is 19.8. The molecule has 0 spiro atoms. The number of hydrogen-bond acceptors (Lipinski definition) is 6. The lowest BCUT2D eigenvalue weighted by Gasteiger charge is -2.27. The van der Waals surface area contributed by atoms with Crippen LogP contribution in [0.25, 0.3) is 12.2 Å². The number of esters is 1. The van der Waals surface area contributed by atoms with E-state index >= 15 is 0 Å². The fourth-order valence-electron chi connectivity index (χ4n) is 5.34. The lowest BCUT2D eigenvalue weighted by atomic mass is 9.82. The molecule has 1 saturated carbocycles. The van der Waals surface area contributed by atoms with Gasteiger partial charge in [-0.2, -0.15) is 0 Å². The smallest absolute Gasteiger partial charge is 0.339 e. The standard InChI is InChI=1S/C32H44O7/c1-5-25-26(6-2)30(32(36)39-22-24-17-15-23(21-33)16-18-24)28(14-10-12-20-38-8-4)29(31(34)35)27(25)13-9-11-19-37-7-3/h5-8,23-24,33H,1-4,9-22H2,(H,34,35). The zero-order chi connectivity index (χ0) is 28.6. The molecular formula is C32H44O7. The van der Waals surface area contributed by atoms with E-state index in [1.54, 1.807) is 12.2 Å². The molecule has 2 rings (SSSR count). The van der Waals surface area contributed by atoms with Crippen LogP contribution < -0.4 is 0 Å². The van der Waals surface area contributed by atoms with E-state index in [2.05, 4.69) is 26.3 Å². The van der Waals surface area contributed by atoms with Gasteiger partial charge < -0.3 is 24.4 Å². The molecule has 0 aliphatic heterocycles. The molecule has 0 aromatic heterocycles. The predicted octanol–water partition coefficient (Wildman–Crippen LogP) is 6.59. The van der Waals surface area contributed by atoms with Gasteiger partial charge in [-0.15, -0.1) is 0 Å². The van der Waals surface area contributed by atoms with Crippen molar-refractivity contribution in [3.8, 4) is 0 Å². The average Bonchev–Trinajstić information content (AvgIpc) is 2.94. The van der Waals surface area contributed by atoms with E-state index in [1.165, 1.54) is 12.5 Å². The van der Waals surface area contributed by atoms with Gasteiger partial charge in [-0.25, -0.2) is 9.59 Å². The number of carbonyl (C=O) groups is 2. The Kier molecular flexibility index (Phi) is 14.2. The second-order valence-corrected chi connectivity index (χ2v) is 9.90. The van der Waals surface area contributed by atoms with Gasteiger partial charge in [0.1, 0.15) is 0 Å². The quantitative estimate of drug-likeness (QED) is 0.116. The molecule has 0 saturated heterocycles. The van der Waals surface area contributed by atoms with Crippen molar-refractivity contribution in [2.75, 3.05) is 26.4 Å². The van der Waals surface area contributed by atoms with Crippen molar-refractivity contribution in [3.63, 3.8) is 0 Å². The highest BCUT2D eigenvalue weighted by molar-refractivity contribution is 6.03. The van der Waals surface area contributed by atoms with Crippen LogP contribution in [0.15, 0.2) is 38.8 Å². The third-order valence-corrected chi connectivity index (χ3v) is 7.40. The summed E-state index contributed by atoms with van der Waals surface area (Å²) in [6, 6.07) is 0. The van der Waals surface area contributed by atoms with Crippen LogP contribution in [0.1, 0.15) is 94.3 Å². The molecular weight excluding hydrogens is 496 g/mol. The molecule has 0 heterocycles. The van der Waals surface area contributed by atoms with Crippen molar-refractivity contribution in [2.24, 2.45) is 11.8 Å². The fraction of sp³-hybridized carbons (Fsp3) is 0.500. The molecule has 7 nitrogen and oxygen atoms in total. The number of rotatable bonds is 19. The summed E-state index contributed by atoms with van der Waals surface area (Å²) in [4.78, 5) is 26.3. The lowest BCUT2D eigenvalue weighted by molar-refractivity contribution is 0.0378. The van der Waals surface area contributed by atoms with Gasteiger partial charge in [0.2, 0.25) is 0 Å². The number of aliphatic hydroxyl groups excluding tert-OH is 1. The van der Waals surface area contributed by atoms with E-state index in [0.29, 0.717) is 73.5 Å². The maximum Gasteiger partial charge on any atom is 0.339 e. The van der Waals surface area contributed by atoms with Crippen LogP contribution in [-0.4, -0.2) is 48.6 Å². The maximum absolute atomic E-state index is 13.6. The molecule has 0 bridgehead atoms. The minimum absolute atomic E-state index is 0.139. The number of carboxylic acids is 1. The number of carbonyl (C=O) groups excluding carboxylic acids is 1. The summed E-state index contributed by atoms with van der Waals surface area (Å²) in [6.45, 7) is 16.4. The van der Waals surface area contributed by atoms with Gasteiger partial charge in [-0.1, -0.05) is 38.5 Å². The van der Waals surface area contributed by atoms with Gasteiger partial charge in [0.15, 0.2) is 0 Å². The molecule has 214 valence electrons. The van der Waals surface area contributed by atoms with E-state index in [0.717, 1.165) is 32.1 Å². The molecule has 7 heteroatoms. The molecule has 1 aliphatic rings. The highest BCUT2D eigenvalue weighted by Gasteiger charge is 2.30. The third-order valence-electron chi connectivity index (χ3n) is 7.40. The molecule has 0 unspecified atom stereocenters. The summed E-state index contributed by atoms with van der Waals surface area (Å²) in [5.74, 6) is -1.09. The Labute approximate surface area is 232 Å². The second kappa shape index (κ2) is 17.3. The highest BCUT2D eigenvalue weighted by Crippen LogP contribution is 2.34. The number of ether oxygens (including phenoxy) is 3. The normalized spacial score (nSPS) is 16.6. The second-order valence-electron chi connectivity index (χ2n) is 9.90. The fourth-order valence-corrected chi connectivity index (χ4v) is 5.34. The Hall–Kier alpha value is -3.32. The summed E-state index contributed by atoms with van der Waals surface area (Å²) < 4.78 is 16.3. The van der Waals surface area contributed by atoms with E-state index in [1.807, 2.05) is 0 Å². The van der Waals surface area contributed by atoms with E-state index < -0.39 is 11.9 Å². The number of aromatic carboxylic acids is 1. The molecule has 0 radical (unpaired) electrons. The number of unbranched alkanes of at least 4 members (excludes halogenated alkanes) is 2. The largest absolute Gasteiger partial charge is 0.502 e. The SMILES string of the molecule is C=COCCCCc1c(C=C)c(C=C)c(C(=O)OCC2CCC(CO)CC2)c(CCCCOC=C)c1C(=O)O. The first kappa shape index (κ1) is 31.9. The lowest BCUT2D eigenvalue weighted by Crippen LogP contribution is -2.24. The van der Waals surface area contributed by atoms with Crippen LogP contribution in [-0.2, 0) is 27.1 Å². The first-order valence-electron chi connectivity index (χ1n) is 13.9. The molecule has 1 aromatic carbocycles. The highest BCUT2D eigenvalue weighted by atomic mass is 16.5. The Morgan fingerprint density at radius 3 is 1.79 bits per heavy atom. The van der Waals surface area contributed by atoms with Crippen molar-refractivity contribution >= 4 is 24.1 Å². The van der Waals surface area contributed by atoms with Gasteiger partial charge in [0.25, 0.3) is 0 Å². The minimum atomic E-state index is -1.08. The Balaban J connectivity index is 2.47. The monoisotopic (exact) mass is 540 g/mol. The number of aliphatic hydroxyl groups is 1. The number of carboxylic acid groups (broad SMARTS) is 1. The van der Waals surface area contributed by atoms with Crippen LogP contribution in [0.3, 0.4) is 0 Å². The zero-order valence-corrected chi connectivity index (χ0v) is 23.1. The van der Waals surface area contributed by atoms with Gasteiger partial charge in [-0.3, -0.25) is 0 Å². The van der Waals surface area contributed by atoms with E-state index in [9.17, 15) is 19.8 Å². The topological polar surface area (TPSA) is 102 Å². The summed E-state index contributed by atoms with van der Waals surface area (Å²) in [7, 11) is 0. The van der Waals surface area contributed by atoms with Gasteiger partial charge in [0.05, 0.1) is 43.5 Å². The molecule has 1 fully saturated rings. The van der Waals surface area contributed by atoms with Crippen molar-refractivity contribution in [2.45, 2.75) is 64.2 Å². The maximum atomic E-state index is 13.6. The van der Waals surface area contributed by atoms with Crippen molar-refractivity contribution in [1.82, 2.24) is 0 Å². The summed E-state index contributed by atoms with van der Waals surface area (Å²) in [5.41, 5.74) is 2.65. The summed E-state index contributed by atoms with van der Waals surface area (Å²) >= 11 is 0. The Morgan fingerprint density at radius 2 is 1.31 bits per heavy atom. The van der Waals surface area contributed by atoms with Crippen LogP contribution in [0.5, 0.6) is 0 Å². The molecule has 0 amide bonds. The molecule has 39 heavy (non-hydrogen) atoms. The predicted molar refractivity (Wildman–Crippen MR) is 155 cm³/mol. The van der Waals surface area contributed by atoms with Crippen molar-refractivity contribution in [3.05, 3.63) is 72.2 Å². The van der Waals surface area contributed by atoms with Crippen LogP contribution >= 0.6 is 0 Å². The molecule has 2 N–H and O–H groups in total. The van der Waals surface area contributed by atoms with E-state index in [-0.39, 0.29) is 30.3 Å². The van der Waals surface area contributed by atoms with Crippen molar-refractivity contribution in [1.29, 1.82) is 0 Å². The number of benzene rings is 1. The first-order chi connectivity index (χ1) is 18.9. The zero-order valence-electron chi connectivity index (χ0n) is 23.1. The minimum Gasteiger partial charge on any atom is -0.502 e. The molecule has 1 aliphatic carbocycles. The molecule has 0 atom stereocenters. The van der Waals surface area contributed by atoms with Crippen LogP contribution in [0.2, 0.25) is 0 Å².